The van der Waals surface area contributed by atoms with Gasteiger partial charge in [0.1, 0.15) is 16.7 Å². The fourth-order valence-electron chi connectivity index (χ4n) is 2.86. The first-order valence-electron chi connectivity index (χ1n) is 8.29. The predicted molar refractivity (Wildman–Crippen MR) is 90.8 cm³/mol. The third kappa shape index (κ3) is 3.03. The third-order valence-electron chi connectivity index (χ3n) is 4.56. The number of benzene rings is 1. The molecule has 2 fully saturated rings. The van der Waals surface area contributed by atoms with Gasteiger partial charge in [-0.05, 0) is 31.2 Å². The zero-order valence-electron chi connectivity index (χ0n) is 13.9. The Kier molecular flexibility index (Phi) is 4.22. The minimum absolute atomic E-state index is 0.0275. The summed E-state index contributed by atoms with van der Waals surface area (Å²) < 4.78 is 38.2. The molecule has 3 heterocycles. The average Bonchev–Trinajstić information content (AvgIpc) is 2.93. The lowest BCUT2D eigenvalue weighted by atomic mass is 10.1. The van der Waals surface area contributed by atoms with E-state index in [1.54, 1.807) is 4.68 Å². The van der Waals surface area contributed by atoms with Crippen LogP contribution in [0, 0.1) is 0 Å². The van der Waals surface area contributed by atoms with E-state index >= 15 is 0 Å². The van der Waals surface area contributed by atoms with E-state index < -0.39 is 10.0 Å². The number of nitrogens with zero attached hydrogens (tertiary/aromatic N) is 4. The second-order valence-corrected chi connectivity index (χ2v) is 8.43. The molecule has 1 aromatic heterocycles. The van der Waals surface area contributed by atoms with Crippen molar-refractivity contribution >= 4 is 10.0 Å². The third-order valence-corrected chi connectivity index (χ3v) is 6.70. The largest absolute Gasteiger partial charge is 0.494 e. The number of ether oxygens (including phenoxy) is 2. The van der Waals surface area contributed by atoms with E-state index in [1.807, 2.05) is 37.4 Å². The van der Waals surface area contributed by atoms with E-state index in [4.69, 9.17) is 9.47 Å². The number of aromatic nitrogens is 3. The summed E-state index contributed by atoms with van der Waals surface area (Å²) in [7, 11) is -3.23. The molecule has 0 spiro atoms. The van der Waals surface area contributed by atoms with E-state index in [9.17, 15) is 8.42 Å². The van der Waals surface area contributed by atoms with Gasteiger partial charge in [0.25, 0.3) is 0 Å². The molecular formula is C16H20N4O4S. The van der Waals surface area contributed by atoms with Gasteiger partial charge in [-0.1, -0.05) is 5.21 Å². The summed E-state index contributed by atoms with van der Waals surface area (Å²) in [6.07, 6.45) is 1.86. The van der Waals surface area contributed by atoms with E-state index in [-0.39, 0.29) is 11.3 Å². The predicted octanol–water partition coefficient (Wildman–Crippen LogP) is 0.929. The Hall–Kier alpha value is -1.97. The maximum Gasteiger partial charge on any atom is 0.221 e. The van der Waals surface area contributed by atoms with Crippen LogP contribution in [0.3, 0.4) is 0 Å². The molecular weight excluding hydrogens is 344 g/mol. The van der Waals surface area contributed by atoms with Crippen LogP contribution in [-0.4, -0.2) is 65.9 Å². The fourth-order valence-corrected chi connectivity index (χ4v) is 4.58. The average molecular weight is 364 g/mol. The first-order valence-corrected chi connectivity index (χ1v) is 9.80. The van der Waals surface area contributed by atoms with Crippen LogP contribution in [0.25, 0.3) is 11.3 Å². The molecule has 9 heteroatoms. The SMILES string of the molecule is CCOc1ccc(-c2cn(C3CN(S(=O)(=O)C4COC4)C3)nn2)cc1. The van der Waals surface area contributed by atoms with E-state index in [0.29, 0.717) is 32.9 Å². The minimum Gasteiger partial charge on any atom is -0.494 e. The summed E-state index contributed by atoms with van der Waals surface area (Å²) in [5, 5.41) is 7.97. The normalized spacial score (nSPS) is 19.4. The van der Waals surface area contributed by atoms with Gasteiger partial charge in [0.15, 0.2) is 0 Å². The zero-order chi connectivity index (χ0) is 17.4. The Labute approximate surface area is 146 Å². The van der Waals surface area contributed by atoms with Crippen molar-refractivity contribution in [3.8, 4) is 17.0 Å². The molecule has 0 N–H and O–H groups in total. The van der Waals surface area contributed by atoms with Crippen molar-refractivity contribution in [3.05, 3.63) is 30.5 Å². The van der Waals surface area contributed by atoms with Crippen molar-refractivity contribution in [2.24, 2.45) is 0 Å². The Balaban J connectivity index is 1.41. The number of hydrogen-bond donors (Lipinski definition) is 0. The topological polar surface area (TPSA) is 86.5 Å². The highest BCUT2D eigenvalue weighted by Gasteiger charge is 2.44. The highest BCUT2D eigenvalue weighted by atomic mass is 32.2. The smallest absolute Gasteiger partial charge is 0.221 e. The van der Waals surface area contributed by atoms with E-state index in [1.165, 1.54) is 4.31 Å². The fraction of sp³-hybridized carbons (Fsp3) is 0.500. The quantitative estimate of drug-likeness (QED) is 0.758. The Morgan fingerprint density at radius 2 is 1.96 bits per heavy atom. The molecule has 2 aliphatic rings. The maximum atomic E-state index is 12.3. The van der Waals surface area contributed by atoms with Crippen LogP contribution < -0.4 is 4.74 Å². The molecule has 0 unspecified atom stereocenters. The molecule has 0 aliphatic carbocycles. The van der Waals surface area contributed by atoms with Crippen LogP contribution in [0.1, 0.15) is 13.0 Å². The molecule has 8 nitrogen and oxygen atoms in total. The lowest BCUT2D eigenvalue weighted by molar-refractivity contribution is 0.0366. The van der Waals surface area contributed by atoms with Crippen LogP contribution in [0.4, 0.5) is 0 Å². The van der Waals surface area contributed by atoms with Crippen LogP contribution >= 0.6 is 0 Å². The highest BCUT2D eigenvalue weighted by Crippen LogP contribution is 2.29. The van der Waals surface area contributed by atoms with Gasteiger partial charge in [-0.15, -0.1) is 5.10 Å². The number of sulfonamides is 1. The molecule has 4 rings (SSSR count). The molecule has 0 atom stereocenters. The molecule has 1 aromatic carbocycles. The molecule has 2 aliphatic heterocycles. The molecule has 25 heavy (non-hydrogen) atoms. The Morgan fingerprint density at radius 1 is 1.24 bits per heavy atom. The van der Waals surface area contributed by atoms with Gasteiger partial charge in [0.2, 0.25) is 10.0 Å². The minimum atomic E-state index is -3.23. The first-order chi connectivity index (χ1) is 12.1. The summed E-state index contributed by atoms with van der Waals surface area (Å²) >= 11 is 0. The summed E-state index contributed by atoms with van der Waals surface area (Å²) in [5.41, 5.74) is 1.71. The Morgan fingerprint density at radius 3 is 2.56 bits per heavy atom. The second-order valence-electron chi connectivity index (χ2n) is 6.22. The molecule has 2 aromatic rings. The Bertz CT molecular complexity index is 839. The highest BCUT2D eigenvalue weighted by molar-refractivity contribution is 7.89. The van der Waals surface area contributed by atoms with Gasteiger partial charge in [-0.2, -0.15) is 4.31 Å². The van der Waals surface area contributed by atoms with Gasteiger partial charge in [0.05, 0.1) is 32.1 Å². The van der Waals surface area contributed by atoms with Crippen molar-refractivity contribution in [1.29, 1.82) is 0 Å². The van der Waals surface area contributed by atoms with Crippen molar-refractivity contribution in [1.82, 2.24) is 19.3 Å². The monoisotopic (exact) mass is 364 g/mol. The van der Waals surface area contributed by atoms with Crippen molar-refractivity contribution in [3.63, 3.8) is 0 Å². The van der Waals surface area contributed by atoms with E-state index in [2.05, 4.69) is 10.3 Å². The number of hydrogen-bond acceptors (Lipinski definition) is 6. The van der Waals surface area contributed by atoms with Crippen LogP contribution in [-0.2, 0) is 14.8 Å². The molecule has 0 bridgehead atoms. The van der Waals surface area contributed by atoms with Crippen molar-refractivity contribution in [2.75, 3.05) is 32.9 Å². The van der Waals surface area contributed by atoms with E-state index in [0.717, 1.165) is 17.0 Å². The lowest BCUT2D eigenvalue weighted by Crippen LogP contribution is -2.57. The first kappa shape index (κ1) is 16.5. The standard InChI is InChI=1S/C16H20N4O4S/c1-2-24-14-5-3-12(4-6-14)16-9-20(18-17-16)13-7-19(8-13)25(21,22)15-10-23-11-15/h3-6,9,13,15H,2,7-8,10-11H2,1H3. The molecule has 0 amide bonds. The summed E-state index contributed by atoms with van der Waals surface area (Å²) in [5.74, 6) is 0.818. The summed E-state index contributed by atoms with van der Waals surface area (Å²) in [6.45, 7) is 4.04. The van der Waals surface area contributed by atoms with Crippen LogP contribution in [0.2, 0.25) is 0 Å². The van der Waals surface area contributed by atoms with Gasteiger partial charge in [0, 0.05) is 18.7 Å². The van der Waals surface area contributed by atoms with Crippen LogP contribution in [0.5, 0.6) is 5.75 Å². The summed E-state index contributed by atoms with van der Waals surface area (Å²) in [6, 6.07) is 7.70. The van der Waals surface area contributed by atoms with Crippen LogP contribution in [0.15, 0.2) is 30.5 Å². The molecule has 0 radical (unpaired) electrons. The second kappa shape index (κ2) is 6.40. The zero-order valence-corrected chi connectivity index (χ0v) is 14.7. The lowest BCUT2D eigenvalue weighted by Gasteiger charge is -2.41. The van der Waals surface area contributed by atoms with Gasteiger partial charge < -0.3 is 9.47 Å². The molecule has 0 saturated carbocycles. The molecule has 134 valence electrons. The van der Waals surface area contributed by atoms with Gasteiger partial charge in [-0.3, -0.25) is 0 Å². The number of rotatable bonds is 6. The summed E-state index contributed by atoms with van der Waals surface area (Å²) in [4.78, 5) is 0. The van der Waals surface area contributed by atoms with Gasteiger partial charge >= 0.3 is 0 Å². The van der Waals surface area contributed by atoms with Gasteiger partial charge in [-0.25, -0.2) is 13.1 Å². The van der Waals surface area contributed by atoms with Crippen molar-refractivity contribution < 1.29 is 17.9 Å². The van der Waals surface area contributed by atoms with Crippen molar-refractivity contribution in [2.45, 2.75) is 18.2 Å². The molecule has 2 saturated heterocycles. The maximum absolute atomic E-state index is 12.3.